The van der Waals surface area contributed by atoms with Crippen molar-refractivity contribution in [2.45, 2.75) is 0 Å². The van der Waals surface area contributed by atoms with Crippen LogP contribution in [0.1, 0.15) is 15.9 Å². The molecular formula is C15H14N2O. The van der Waals surface area contributed by atoms with E-state index in [-0.39, 0.29) is 5.78 Å². The van der Waals surface area contributed by atoms with E-state index in [1.807, 2.05) is 18.2 Å². The summed E-state index contributed by atoms with van der Waals surface area (Å²) >= 11 is 0. The zero-order chi connectivity index (χ0) is 13.0. The SMILES string of the molecule is Nc1ccc(C(=O)/C=C/c2cccc(N)c2)cc1. The second-order valence-corrected chi connectivity index (χ2v) is 3.99. The maximum absolute atomic E-state index is 11.9. The van der Waals surface area contributed by atoms with Gasteiger partial charge in [-0.1, -0.05) is 18.2 Å². The summed E-state index contributed by atoms with van der Waals surface area (Å²) in [5.74, 6) is -0.0579. The van der Waals surface area contributed by atoms with Crippen LogP contribution in [0.3, 0.4) is 0 Å². The largest absolute Gasteiger partial charge is 0.399 e. The summed E-state index contributed by atoms with van der Waals surface area (Å²) in [4.78, 5) is 11.9. The highest BCUT2D eigenvalue weighted by Gasteiger charge is 2.00. The zero-order valence-electron chi connectivity index (χ0n) is 9.84. The lowest BCUT2D eigenvalue weighted by molar-refractivity contribution is 0.104. The van der Waals surface area contributed by atoms with E-state index in [0.29, 0.717) is 16.9 Å². The number of hydrogen-bond donors (Lipinski definition) is 2. The molecule has 0 atom stereocenters. The van der Waals surface area contributed by atoms with Crippen molar-refractivity contribution in [1.29, 1.82) is 0 Å². The lowest BCUT2D eigenvalue weighted by atomic mass is 10.1. The summed E-state index contributed by atoms with van der Waals surface area (Å²) in [6, 6.07) is 14.2. The maximum atomic E-state index is 11.9. The molecule has 0 bridgehead atoms. The number of allylic oxidation sites excluding steroid dienone is 1. The Morgan fingerprint density at radius 2 is 1.67 bits per heavy atom. The number of nitrogen functional groups attached to an aromatic ring is 2. The first-order valence-corrected chi connectivity index (χ1v) is 5.58. The molecular weight excluding hydrogens is 224 g/mol. The van der Waals surface area contributed by atoms with Gasteiger partial charge < -0.3 is 11.5 Å². The van der Waals surface area contributed by atoms with Gasteiger partial charge in [0.25, 0.3) is 0 Å². The first-order chi connectivity index (χ1) is 8.65. The van der Waals surface area contributed by atoms with Gasteiger partial charge in [0, 0.05) is 16.9 Å². The summed E-state index contributed by atoms with van der Waals surface area (Å²) in [5, 5.41) is 0. The number of carbonyl (C=O) groups excluding carboxylic acids is 1. The number of benzene rings is 2. The number of ketones is 1. The molecule has 3 nitrogen and oxygen atoms in total. The second kappa shape index (κ2) is 5.19. The molecule has 0 radical (unpaired) electrons. The Morgan fingerprint density at radius 1 is 0.944 bits per heavy atom. The molecule has 0 amide bonds. The maximum Gasteiger partial charge on any atom is 0.185 e. The van der Waals surface area contributed by atoms with Crippen molar-refractivity contribution in [3.63, 3.8) is 0 Å². The Hall–Kier alpha value is -2.55. The molecule has 0 saturated carbocycles. The van der Waals surface area contributed by atoms with E-state index in [1.54, 1.807) is 36.4 Å². The van der Waals surface area contributed by atoms with Crippen LogP contribution in [-0.2, 0) is 0 Å². The highest BCUT2D eigenvalue weighted by molar-refractivity contribution is 6.06. The number of hydrogen-bond acceptors (Lipinski definition) is 3. The smallest absolute Gasteiger partial charge is 0.185 e. The van der Waals surface area contributed by atoms with E-state index >= 15 is 0 Å². The third-order valence-electron chi connectivity index (χ3n) is 2.53. The fraction of sp³-hybridized carbons (Fsp3) is 0. The van der Waals surface area contributed by atoms with Crippen LogP contribution in [-0.4, -0.2) is 5.78 Å². The normalized spacial score (nSPS) is 10.7. The molecule has 0 aliphatic carbocycles. The average molecular weight is 238 g/mol. The molecule has 0 aliphatic rings. The van der Waals surface area contributed by atoms with Crippen molar-refractivity contribution in [3.8, 4) is 0 Å². The minimum absolute atomic E-state index is 0.0579. The number of anilines is 2. The molecule has 2 aromatic rings. The highest BCUT2D eigenvalue weighted by atomic mass is 16.1. The van der Waals surface area contributed by atoms with E-state index in [9.17, 15) is 4.79 Å². The van der Waals surface area contributed by atoms with Crippen LogP contribution in [0.15, 0.2) is 54.6 Å². The minimum Gasteiger partial charge on any atom is -0.399 e. The summed E-state index contributed by atoms with van der Waals surface area (Å²) in [5.41, 5.74) is 14.1. The van der Waals surface area contributed by atoms with E-state index < -0.39 is 0 Å². The summed E-state index contributed by atoms with van der Waals surface area (Å²) in [7, 11) is 0. The lowest BCUT2D eigenvalue weighted by Gasteiger charge is -1.98. The van der Waals surface area contributed by atoms with E-state index in [4.69, 9.17) is 11.5 Å². The Labute approximate surface area is 106 Å². The molecule has 2 aromatic carbocycles. The van der Waals surface area contributed by atoms with E-state index in [1.165, 1.54) is 6.08 Å². The van der Waals surface area contributed by atoms with Gasteiger partial charge >= 0.3 is 0 Å². The van der Waals surface area contributed by atoms with Gasteiger partial charge in [-0.3, -0.25) is 4.79 Å². The molecule has 0 saturated heterocycles. The van der Waals surface area contributed by atoms with Crippen molar-refractivity contribution in [1.82, 2.24) is 0 Å². The van der Waals surface area contributed by atoms with E-state index in [0.717, 1.165) is 5.56 Å². The van der Waals surface area contributed by atoms with Gasteiger partial charge in [-0.25, -0.2) is 0 Å². The average Bonchev–Trinajstić information content (AvgIpc) is 2.37. The second-order valence-electron chi connectivity index (χ2n) is 3.99. The first kappa shape index (κ1) is 11.9. The fourth-order valence-electron chi connectivity index (χ4n) is 1.58. The molecule has 18 heavy (non-hydrogen) atoms. The van der Waals surface area contributed by atoms with Gasteiger partial charge in [-0.2, -0.15) is 0 Å². The van der Waals surface area contributed by atoms with Crippen LogP contribution >= 0.6 is 0 Å². The Kier molecular flexibility index (Phi) is 3.44. The molecule has 0 aliphatic heterocycles. The summed E-state index contributed by atoms with van der Waals surface area (Å²) in [6.45, 7) is 0. The third-order valence-corrected chi connectivity index (χ3v) is 2.53. The fourth-order valence-corrected chi connectivity index (χ4v) is 1.58. The first-order valence-electron chi connectivity index (χ1n) is 5.58. The minimum atomic E-state index is -0.0579. The predicted molar refractivity (Wildman–Crippen MR) is 75.1 cm³/mol. The van der Waals surface area contributed by atoms with Crippen molar-refractivity contribution < 1.29 is 4.79 Å². The number of rotatable bonds is 3. The highest BCUT2D eigenvalue weighted by Crippen LogP contribution is 2.10. The lowest BCUT2D eigenvalue weighted by Crippen LogP contribution is -1.94. The molecule has 0 unspecified atom stereocenters. The van der Waals surface area contributed by atoms with Crippen LogP contribution in [0, 0.1) is 0 Å². The Balaban J connectivity index is 2.14. The van der Waals surface area contributed by atoms with Gasteiger partial charge in [0.1, 0.15) is 0 Å². The summed E-state index contributed by atoms with van der Waals surface area (Å²) in [6.07, 6.45) is 3.27. The van der Waals surface area contributed by atoms with Crippen molar-refractivity contribution in [2.24, 2.45) is 0 Å². The molecule has 0 aromatic heterocycles. The van der Waals surface area contributed by atoms with Gasteiger partial charge in [0.05, 0.1) is 0 Å². The molecule has 90 valence electrons. The number of carbonyl (C=O) groups is 1. The topological polar surface area (TPSA) is 69.1 Å². The van der Waals surface area contributed by atoms with Crippen molar-refractivity contribution >= 4 is 23.2 Å². The van der Waals surface area contributed by atoms with Crippen molar-refractivity contribution in [2.75, 3.05) is 11.5 Å². The third kappa shape index (κ3) is 2.98. The van der Waals surface area contributed by atoms with Gasteiger partial charge in [0.15, 0.2) is 5.78 Å². The van der Waals surface area contributed by atoms with E-state index in [2.05, 4.69) is 0 Å². The van der Waals surface area contributed by atoms with Crippen LogP contribution in [0.25, 0.3) is 6.08 Å². The van der Waals surface area contributed by atoms with Crippen LogP contribution in [0.2, 0.25) is 0 Å². The Morgan fingerprint density at radius 3 is 2.33 bits per heavy atom. The monoisotopic (exact) mass is 238 g/mol. The molecule has 0 spiro atoms. The molecule has 0 heterocycles. The molecule has 3 heteroatoms. The van der Waals surface area contributed by atoms with Crippen LogP contribution < -0.4 is 11.5 Å². The molecule has 4 N–H and O–H groups in total. The quantitative estimate of drug-likeness (QED) is 0.490. The predicted octanol–water partition coefficient (Wildman–Crippen LogP) is 2.75. The van der Waals surface area contributed by atoms with Gasteiger partial charge in [-0.15, -0.1) is 0 Å². The Bertz CT molecular complexity index is 586. The summed E-state index contributed by atoms with van der Waals surface area (Å²) < 4.78 is 0. The van der Waals surface area contributed by atoms with Gasteiger partial charge in [0.2, 0.25) is 0 Å². The number of nitrogens with two attached hydrogens (primary N) is 2. The van der Waals surface area contributed by atoms with Gasteiger partial charge in [-0.05, 0) is 48.0 Å². The van der Waals surface area contributed by atoms with Crippen LogP contribution in [0.4, 0.5) is 11.4 Å². The standard InChI is InChI=1S/C15H14N2O/c16-13-7-5-12(6-8-13)15(18)9-4-11-2-1-3-14(17)10-11/h1-10H,16-17H2/b9-4+. The zero-order valence-corrected chi connectivity index (χ0v) is 9.84. The molecule has 2 rings (SSSR count). The molecule has 0 fully saturated rings. The van der Waals surface area contributed by atoms with Crippen LogP contribution in [0.5, 0.6) is 0 Å². The van der Waals surface area contributed by atoms with Crippen molar-refractivity contribution in [3.05, 3.63) is 65.7 Å².